The lowest BCUT2D eigenvalue weighted by molar-refractivity contribution is -0.131. The minimum absolute atomic E-state index is 0.121. The third kappa shape index (κ3) is 5.25. The van der Waals surface area contributed by atoms with E-state index in [1.807, 2.05) is 31.2 Å². The van der Waals surface area contributed by atoms with Gasteiger partial charge in [-0.05, 0) is 92.9 Å². The topological polar surface area (TPSA) is 148 Å². The van der Waals surface area contributed by atoms with Gasteiger partial charge in [0.2, 0.25) is 23.6 Å². The summed E-state index contributed by atoms with van der Waals surface area (Å²) in [6, 6.07) is 16.7. The number of carbonyl (C=O) groups is 5. The van der Waals surface area contributed by atoms with Crippen molar-refractivity contribution < 1.29 is 38.6 Å². The van der Waals surface area contributed by atoms with Crippen molar-refractivity contribution in [3.63, 3.8) is 0 Å². The van der Waals surface area contributed by atoms with E-state index in [0.717, 1.165) is 26.1 Å². The number of rotatable bonds is 7. The number of Topliss-reactive ketones (excluding diaryl/α,β-unsaturated/α-hetero) is 1. The van der Waals surface area contributed by atoms with Crippen molar-refractivity contribution in [2.45, 2.75) is 39.5 Å². The first-order valence-corrected chi connectivity index (χ1v) is 20.1. The standard InChI is InChI=1S/C44H39ClN4O8S/c1-20-28-15-23(45)9-14-34(28)58-39(20)31-19-35(47(4)46-31)49-41(53)30-18-29-26(38(44(30,3)43(49)55)37-32(56-5)16-25(51)17-33(37)57-6)12-13-27-36(29)42(54)48(40(27)52)24-10-7-22(8-11-24)21(2)50/h7-12,14-17,19,27,29-30,36,38,51H,13,18H2,1-6H3/t27-,29+,30-,36-,38+,44+/m0/s1. The van der Waals surface area contributed by atoms with Crippen LogP contribution in [0.3, 0.4) is 0 Å². The number of phenols is 1. The van der Waals surface area contributed by atoms with E-state index in [4.69, 9.17) is 26.2 Å². The number of aryl methyl sites for hydroxylation is 2. The molecule has 4 heterocycles. The third-order valence-corrected chi connectivity index (χ3v) is 14.4. The van der Waals surface area contributed by atoms with Gasteiger partial charge in [-0.25, -0.2) is 4.90 Å². The Bertz CT molecular complexity index is 2660. The van der Waals surface area contributed by atoms with E-state index >= 15 is 9.59 Å². The van der Waals surface area contributed by atoms with Gasteiger partial charge in [0.05, 0.1) is 48.0 Å². The highest BCUT2D eigenvalue weighted by molar-refractivity contribution is 7.22. The SMILES string of the molecule is COc1cc(O)cc(OC)c1[C@H]1C2=CC[C@@H]3C(=O)N(c4ccc(C(C)=O)cc4)C(=O)[C@@H]3[C@@H]2C[C@H]2C(=O)N(c3cc(-c4sc5ccc(Cl)cc5c4C)nn3C)C(=O)[C@@]12C. The maximum atomic E-state index is 15.3. The van der Waals surface area contributed by atoms with Crippen molar-refractivity contribution in [2.24, 2.45) is 36.1 Å². The molecule has 3 fully saturated rings. The van der Waals surface area contributed by atoms with Crippen molar-refractivity contribution in [1.82, 2.24) is 9.78 Å². The van der Waals surface area contributed by atoms with Crippen LogP contribution in [0.15, 0.2) is 72.3 Å². The number of amides is 4. The first kappa shape index (κ1) is 37.8. The van der Waals surface area contributed by atoms with E-state index in [-0.39, 0.29) is 41.8 Å². The summed E-state index contributed by atoms with van der Waals surface area (Å²) in [4.78, 5) is 74.4. The average Bonchev–Trinajstić information content (AvgIpc) is 3.87. The molecule has 14 heteroatoms. The number of ether oxygens (including phenoxy) is 2. The van der Waals surface area contributed by atoms with Crippen LogP contribution in [0.1, 0.15) is 54.1 Å². The molecule has 4 aliphatic rings. The molecule has 0 radical (unpaired) electrons. The minimum atomic E-state index is -1.42. The first-order valence-electron chi connectivity index (χ1n) is 18.9. The van der Waals surface area contributed by atoms with Gasteiger partial charge in [-0.2, -0.15) is 5.10 Å². The number of carbonyl (C=O) groups excluding carboxylic acids is 5. The minimum Gasteiger partial charge on any atom is -0.508 e. The molecule has 5 aromatic rings. The first-order chi connectivity index (χ1) is 27.7. The summed E-state index contributed by atoms with van der Waals surface area (Å²) in [7, 11) is 4.60. The summed E-state index contributed by atoms with van der Waals surface area (Å²) in [5, 5.41) is 17.1. The number of aromatic nitrogens is 2. The Morgan fingerprint density at radius 3 is 2.28 bits per heavy atom. The van der Waals surface area contributed by atoms with Gasteiger partial charge in [0.15, 0.2) is 5.78 Å². The van der Waals surface area contributed by atoms with Crippen LogP contribution in [0.25, 0.3) is 20.7 Å². The Labute approximate surface area is 342 Å². The van der Waals surface area contributed by atoms with Crippen molar-refractivity contribution >= 4 is 73.9 Å². The van der Waals surface area contributed by atoms with E-state index < -0.39 is 52.7 Å². The normalized spacial score (nSPS) is 25.2. The highest BCUT2D eigenvalue weighted by Gasteiger charge is 2.68. The van der Waals surface area contributed by atoms with Gasteiger partial charge in [-0.1, -0.05) is 23.3 Å². The summed E-state index contributed by atoms with van der Waals surface area (Å²) in [5.41, 5.74) is 2.13. The van der Waals surface area contributed by atoms with Crippen LogP contribution in [0.5, 0.6) is 17.2 Å². The molecule has 296 valence electrons. The predicted molar refractivity (Wildman–Crippen MR) is 219 cm³/mol. The average molecular weight is 819 g/mol. The molecule has 1 N–H and O–H groups in total. The number of hydrogen-bond donors (Lipinski definition) is 1. The number of anilines is 2. The number of halogens is 1. The molecule has 0 bridgehead atoms. The number of methoxy groups -OCH3 is 2. The number of ketones is 1. The summed E-state index contributed by atoms with van der Waals surface area (Å²) >= 11 is 7.88. The molecule has 2 aromatic heterocycles. The van der Waals surface area contributed by atoms with Gasteiger partial charge in [0, 0.05) is 52.0 Å². The zero-order chi connectivity index (χ0) is 41.1. The second-order valence-corrected chi connectivity index (χ2v) is 17.2. The number of thiophene rings is 1. The van der Waals surface area contributed by atoms with Gasteiger partial charge in [0.25, 0.3) is 0 Å². The van der Waals surface area contributed by atoms with Crippen LogP contribution >= 0.6 is 22.9 Å². The predicted octanol–water partition coefficient (Wildman–Crippen LogP) is 7.62. The summed E-state index contributed by atoms with van der Waals surface area (Å²) in [6.07, 6.45) is 2.29. The molecule has 9 rings (SSSR count). The van der Waals surface area contributed by atoms with Crippen molar-refractivity contribution in [2.75, 3.05) is 24.0 Å². The molecule has 6 atom stereocenters. The molecule has 2 saturated heterocycles. The van der Waals surface area contributed by atoms with Crippen molar-refractivity contribution in [3.8, 4) is 27.8 Å². The second-order valence-electron chi connectivity index (χ2n) is 15.7. The van der Waals surface area contributed by atoms with Crippen LogP contribution < -0.4 is 19.3 Å². The number of benzene rings is 3. The molecule has 2 aliphatic heterocycles. The maximum Gasteiger partial charge on any atom is 0.242 e. The summed E-state index contributed by atoms with van der Waals surface area (Å²) < 4.78 is 14.3. The van der Waals surface area contributed by atoms with E-state index in [9.17, 15) is 19.5 Å². The Morgan fingerprint density at radius 1 is 0.931 bits per heavy atom. The molecule has 0 unspecified atom stereocenters. The van der Waals surface area contributed by atoms with Gasteiger partial charge >= 0.3 is 0 Å². The lowest BCUT2D eigenvalue weighted by atomic mass is 9.51. The molecular formula is C44H39ClN4O8S. The van der Waals surface area contributed by atoms with E-state index in [0.29, 0.717) is 33.3 Å². The fraction of sp³-hybridized carbons (Fsp3) is 0.318. The van der Waals surface area contributed by atoms with Crippen molar-refractivity contribution in [3.05, 3.63) is 94.0 Å². The van der Waals surface area contributed by atoms with E-state index in [1.165, 1.54) is 47.8 Å². The highest BCUT2D eigenvalue weighted by Crippen LogP contribution is 2.66. The molecule has 2 aliphatic carbocycles. The fourth-order valence-corrected chi connectivity index (χ4v) is 11.4. The molecule has 1 saturated carbocycles. The maximum absolute atomic E-state index is 15.3. The number of nitrogens with zero attached hydrogens (tertiary/aromatic N) is 4. The molecule has 0 spiro atoms. The van der Waals surface area contributed by atoms with Crippen LogP contribution in [-0.4, -0.2) is 58.5 Å². The third-order valence-electron chi connectivity index (χ3n) is 12.8. The summed E-state index contributed by atoms with van der Waals surface area (Å²) in [5.74, 6) is -5.10. The van der Waals surface area contributed by atoms with Crippen LogP contribution in [0.4, 0.5) is 11.5 Å². The molecule has 58 heavy (non-hydrogen) atoms. The van der Waals surface area contributed by atoms with Gasteiger partial charge < -0.3 is 14.6 Å². The Morgan fingerprint density at radius 2 is 1.62 bits per heavy atom. The molecule has 4 amide bonds. The number of phenolic OH excluding ortho intramolecular Hbond substituents is 1. The molecule has 12 nitrogen and oxygen atoms in total. The fourth-order valence-electron chi connectivity index (χ4n) is 10.1. The van der Waals surface area contributed by atoms with Gasteiger partial charge in [0.1, 0.15) is 28.8 Å². The van der Waals surface area contributed by atoms with E-state index in [2.05, 4.69) is 0 Å². The Balaban J connectivity index is 1.18. The number of hydrogen-bond acceptors (Lipinski definition) is 10. The number of fused-ring (bicyclic) bond motifs is 5. The molecular weight excluding hydrogens is 780 g/mol. The monoisotopic (exact) mass is 818 g/mol. The quantitative estimate of drug-likeness (QED) is 0.0995. The van der Waals surface area contributed by atoms with Crippen LogP contribution in [0.2, 0.25) is 5.02 Å². The summed E-state index contributed by atoms with van der Waals surface area (Å²) in [6.45, 7) is 5.21. The lowest BCUT2D eigenvalue weighted by Gasteiger charge is -2.49. The highest BCUT2D eigenvalue weighted by atomic mass is 35.5. The number of allylic oxidation sites excluding steroid dienone is 2. The number of aromatic hydroxyl groups is 1. The van der Waals surface area contributed by atoms with E-state index in [1.54, 1.807) is 55.6 Å². The second kappa shape index (κ2) is 13.4. The lowest BCUT2D eigenvalue weighted by Crippen LogP contribution is -2.49. The zero-order valence-corrected chi connectivity index (χ0v) is 34.1. The largest absolute Gasteiger partial charge is 0.508 e. The van der Waals surface area contributed by atoms with Crippen LogP contribution in [-0.2, 0) is 26.2 Å². The zero-order valence-electron chi connectivity index (χ0n) is 32.5. The Kier molecular flexibility index (Phi) is 8.72. The van der Waals surface area contributed by atoms with Crippen LogP contribution in [0, 0.1) is 36.0 Å². The van der Waals surface area contributed by atoms with Gasteiger partial charge in [-0.15, -0.1) is 11.3 Å². The van der Waals surface area contributed by atoms with Crippen molar-refractivity contribution in [1.29, 1.82) is 0 Å². The Hall–Kier alpha value is -5.79. The smallest absolute Gasteiger partial charge is 0.242 e. The van der Waals surface area contributed by atoms with Gasteiger partial charge in [-0.3, -0.25) is 33.6 Å². The molecule has 3 aromatic carbocycles. The number of imide groups is 2.